The van der Waals surface area contributed by atoms with Gasteiger partial charge in [0.15, 0.2) is 0 Å². The zero-order valence-corrected chi connectivity index (χ0v) is 14.4. The van der Waals surface area contributed by atoms with E-state index >= 15 is 0 Å². The minimum Gasteiger partial charge on any atom is -0.355 e. The highest BCUT2D eigenvalue weighted by Gasteiger charge is 2.41. The smallest absolute Gasteiger partial charge is 0.230 e. The first-order valence-electron chi connectivity index (χ1n) is 9.27. The maximum atomic E-state index is 13.1. The molecule has 1 aliphatic carbocycles. The number of hydrogen-bond acceptors (Lipinski definition) is 2. The molecule has 1 aromatic rings. The van der Waals surface area contributed by atoms with E-state index in [2.05, 4.69) is 41.8 Å². The topological polar surface area (TPSA) is 41.1 Å². The molecule has 2 N–H and O–H groups in total. The van der Waals surface area contributed by atoms with Gasteiger partial charge in [0.2, 0.25) is 5.91 Å². The Morgan fingerprint density at radius 2 is 2.04 bits per heavy atom. The SMILES string of the molecule is Cc1ccccc1C1(C(=O)NCCC2CCNC2)CCCCC1. The molecule has 1 heterocycles. The zero-order valence-electron chi connectivity index (χ0n) is 14.4. The van der Waals surface area contributed by atoms with Gasteiger partial charge < -0.3 is 10.6 Å². The van der Waals surface area contributed by atoms with E-state index in [1.807, 2.05) is 0 Å². The van der Waals surface area contributed by atoms with Crippen LogP contribution < -0.4 is 10.6 Å². The minimum atomic E-state index is -0.294. The predicted molar refractivity (Wildman–Crippen MR) is 94.5 cm³/mol. The van der Waals surface area contributed by atoms with Crippen LogP contribution in [0.5, 0.6) is 0 Å². The number of nitrogens with one attached hydrogen (secondary N) is 2. The van der Waals surface area contributed by atoms with Crippen LogP contribution in [0.1, 0.15) is 56.1 Å². The third kappa shape index (κ3) is 3.60. The average molecular weight is 314 g/mol. The van der Waals surface area contributed by atoms with Crippen LogP contribution in [0, 0.1) is 12.8 Å². The van der Waals surface area contributed by atoms with Crippen LogP contribution in [-0.2, 0) is 10.2 Å². The molecular formula is C20H30N2O. The molecule has 3 heteroatoms. The van der Waals surface area contributed by atoms with Crippen molar-refractivity contribution < 1.29 is 4.79 Å². The Labute approximate surface area is 140 Å². The predicted octanol–water partition coefficient (Wildman–Crippen LogP) is 3.31. The van der Waals surface area contributed by atoms with E-state index in [1.54, 1.807) is 0 Å². The van der Waals surface area contributed by atoms with Crippen molar-refractivity contribution in [2.75, 3.05) is 19.6 Å². The third-order valence-corrected chi connectivity index (χ3v) is 5.80. The van der Waals surface area contributed by atoms with Crippen LogP contribution in [-0.4, -0.2) is 25.5 Å². The van der Waals surface area contributed by atoms with Crippen LogP contribution >= 0.6 is 0 Å². The van der Waals surface area contributed by atoms with Crippen LogP contribution in [0.15, 0.2) is 24.3 Å². The highest BCUT2D eigenvalue weighted by atomic mass is 16.2. The van der Waals surface area contributed by atoms with E-state index in [1.165, 1.54) is 24.0 Å². The van der Waals surface area contributed by atoms with E-state index in [4.69, 9.17) is 0 Å². The maximum absolute atomic E-state index is 13.1. The standard InChI is InChI=1S/C20H30N2O/c1-16-7-3-4-8-18(16)20(11-5-2-6-12-20)19(23)22-14-10-17-9-13-21-15-17/h3-4,7-8,17,21H,2,5-6,9-15H2,1H3,(H,22,23). The second-order valence-corrected chi connectivity index (χ2v) is 7.36. The molecule has 1 unspecified atom stereocenters. The lowest BCUT2D eigenvalue weighted by Crippen LogP contribution is -2.46. The molecule has 0 spiro atoms. The summed E-state index contributed by atoms with van der Waals surface area (Å²) in [4.78, 5) is 13.1. The summed E-state index contributed by atoms with van der Waals surface area (Å²) in [7, 11) is 0. The fourth-order valence-corrected chi connectivity index (χ4v) is 4.40. The summed E-state index contributed by atoms with van der Waals surface area (Å²) >= 11 is 0. The monoisotopic (exact) mass is 314 g/mol. The Balaban J connectivity index is 1.70. The number of aryl methyl sites for hydroxylation is 1. The summed E-state index contributed by atoms with van der Waals surface area (Å²) in [5.74, 6) is 0.994. The lowest BCUT2D eigenvalue weighted by Gasteiger charge is -2.37. The highest BCUT2D eigenvalue weighted by Crippen LogP contribution is 2.41. The molecule has 0 radical (unpaired) electrons. The number of benzene rings is 1. The maximum Gasteiger partial charge on any atom is 0.230 e. The van der Waals surface area contributed by atoms with E-state index in [-0.39, 0.29) is 11.3 Å². The number of carbonyl (C=O) groups excluding carboxylic acids is 1. The van der Waals surface area contributed by atoms with Crippen LogP contribution in [0.25, 0.3) is 0 Å². The Kier molecular flexibility index (Phi) is 5.37. The van der Waals surface area contributed by atoms with Gasteiger partial charge in [0.1, 0.15) is 0 Å². The molecule has 1 atom stereocenters. The highest BCUT2D eigenvalue weighted by molar-refractivity contribution is 5.88. The van der Waals surface area contributed by atoms with Crippen molar-refractivity contribution >= 4 is 5.91 Å². The number of carbonyl (C=O) groups is 1. The number of rotatable bonds is 5. The molecule has 1 amide bonds. The van der Waals surface area contributed by atoms with Crippen molar-refractivity contribution in [3.05, 3.63) is 35.4 Å². The lowest BCUT2D eigenvalue weighted by molar-refractivity contribution is -0.128. The van der Waals surface area contributed by atoms with Gasteiger partial charge in [-0.05, 0) is 62.7 Å². The Hall–Kier alpha value is -1.35. The van der Waals surface area contributed by atoms with Crippen molar-refractivity contribution in [2.24, 2.45) is 5.92 Å². The summed E-state index contributed by atoms with van der Waals surface area (Å²) in [5.41, 5.74) is 2.21. The fourth-order valence-electron chi connectivity index (χ4n) is 4.40. The van der Waals surface area contributed by atoms with E-state index < -0.39 is 0 Å². The summed E-state index contributed by atoms with van der Waals surface area (Å²) in [6.45, 7) is 5.20. The molecule has 2 fully saturated rings. The molecule has 0 aromatic heterocycles. The molecule has 1 saturated carbocycles. The van der Waals surface area contributed by atoms with Crippen molar-refractivity contribution in [1.82, 2.24) is 10.6 Å². The summed E-state index contributed by atoms with van der Waals surface area (Å²) < 4.78 is 0. The van der Waals surface area contributed by atoms with Crippen LogP contribution in [0.3, 0.4) is 0 Å². The first-order chi connectivity index (χ1) is 11.2. The molecule has 1 aromatic carbocycles. The third-order valence-electron chi connectivity index (χ3n) is 5.80. The second-order valence-electron chi connectivity index (χ2n) is 7.36. The van der Waals surface area contributed by atoms with Gasteiger partial charge in [-0.25, -0.2) is 0 Å². The van der Waals surface area contributed by atoms with Gasteiger partial charge in [-0.2, -0.15) is 0 Å². The summed E-state index contributed by atoms with van der Waals surface area (Å²) in [5, 5.41) is 6.68. The molecule has 3 nitrogen and oxygen atoms in total. The summed E-state index contributed by atoms with van der Waals surface area (Å²) in [6.07, 6.45) is 7.92. The average Bonchev–Trinajstić information content (AvgIpc) is 3.09. The van der Waals surface area contributed by atoms with Gasteiger partial charge in [0.05, 0.1) is 5.41 Å². The number of amides is 1. The normalized spacial score (nSPS) is 23.6. The molecule has 0 bridgehead atoms. The van der Waals surface area contributed by atoms with E-state index in [0.717, 1.165) is 57.7 Å². The van der Waals surface area contributed by atoms with Crippen LogP contribution in [0.2, 0.25) is 0 Å². The molecule has 126 valence electrons. The van der Waals surface area contributed by atoms with Crippen molar-refractivity contribution in [3.8, 4) is 0 Å². The van der Waals surface area contributed by atoms with Crippen molar-refractivity contribution in [1.29, 1.82) is 0 Å². The van der Waals surface area contributed by atoms with Gasteiger partial charge in [-0.1, -0.05) is 43.5 Å². The Morgan fingerprint density at radius 3 is 2.74 bits per heavy atom. The second kappa shape index (κ2) is 7.48. The fraction of sp³-hybridized carbons (Fsp3) is 0.650. The molecule has 1 aliphatic heterocycles. The molecule has 1 saturated heterocycles. The molecule has 3 rings (SSSR count). The quantitative estimate of drug-likeness (QED) is 0.875. The first kappa shape index (κ1) is 16.5. The molecular weight excluding hydrogens is 284 g/mol. The Morgan fingerprint density at radius 1 is 1.26 bits per heavy atom. The van der Waals surface area contributed by atoms with Crippen molar-refractivity contribution in [2.45, 2.75) is 57.3 Å². The number of hydrogen-bond donors (Lipinski definition) is 2. The zero-order chi connectivity index (χ0) is 16.1. The van der Waals surface area contributed by atoms with Crippen LogP contribution in [0.4, 0.5) is 0 Å². The van der Waals surface area contributed by atoms with Gasteiger partial charge in [-0.15, -0.1) is 0 Å². The van der Waals surface area contributed by atoms with Gasteiger partial charge in [-0.3, -0.25) is 4.79 Å². The minimum absolute atomic E-state index is 0.262. The van der Waals surface area contributed by atoms with Gasteiger partial charge in [0, 0.05) is 6.54 Å². The molecule has 2 aliphatic rings. The first-order valence-corrected chi connectivity index (χ1v) is 9.27. The van der Waals surface area contributed by atoms with E-state index in [9.17, 15) is 4.79 Å². The van der Waals surface area contributed by atoms with Gasteiger partial charge in [0.25, 0.3) is 0 Å². The van der Waals surface area contributed by atoms with Crippen molar-refractivity contribution in [3.63, 3.8) is 0 Å². The molecule has 23 heavy (non-hydrogen) atoms. The Bertz CT molecular complexity index is 528. The lowest BCUT2D eigenvalue weighted by atomic mass is 9.67. The summed E-state index contributed by atoms with van der Waals surface area (Å²) in [6, 6.07) is 8.46. The van der Waals surface area contributed by atoms with E-state index in [0.29, 0.717) is 0 Å². The largest absolute Gasteiger partial charge is 0.355 e. The van der Waals surface area contributed by atoms with Gasteiger partial charge >= 0.3 is 0 Å².